The maximum absolute atomic E-state index is 14.7. The molecule has 2 aliphatic heterocycles. The van der Waals surface area contributed by atoms with Crippen LogP contribution in [0, 0.1) is 5.82 Å². The molecule has 10 heteroatoms. The molecule has 0 saturated carbocycles. The highest BCUT2D eigenvalue weighted by atomic mass is 35.5. The summed E-state index contributed by atoms with van der Waals surface area (Å²) in [5.41, 5.74) is 1.39. The lowest BCUT2D eigenvalue weighted by Gasteiger charge is -2.42. The summed E-state index contributed by atoms with van der Waals surface area (Å²) in [6, 6.07) is 11.3. The van der Waals surface area contributed by atoms with Gasteiger partial charge in [-0.25, -0.2) is 14.0 Å². The van der Waals surface area contributed by atoms with Gasteiger partial charge in [0.2, 0.25) is 0 Å². The summed E-state index contributed by atoms with van der Waals surface area (Å²) in [6.07, 6.45) is 0. The van der Waals surface area contributed by atoms with E-state index in [9.17, 15) is 18.8 Å². The summed E-state index contributed by atoms with van der Waals surface area (Å²) in [5, 5.41) is 3.30. The van der Waals surface area contributed by atoms with Gasteiger partial charge in [0.25, 0.3) is 5.91 Å². The van der Waals surface area contributed by atoms with Gasteiger partial charge < -0.3 is 15.0 Å². The molecular formula is C27H30ClFN4O4. The quantitative estimate of drug-likeness (QED) is 0.576. The van der Waals surface area contributed by atoms with Crippen LogP contribution < -0.4 is 5.32 Å². The average Bonchev–Trinajstić information content (AvgIpc) is 2.87. The summed E-state index contributed by atoms with van der Waals surface area (Å²) in [6.45, 7) is 5.58. The molecule has 1 fully saturated rings. The van der Waals surface area contributed by atoms with Crippen LogP contribution in [0.4, 0.5) is 9.18 Å². The number of carbonyl (C=O) groups is 3. The van der Waals surface area contributed by atoms with Gasteiger partial charge in [-0.3, -0.25) is 14.6 Å². The molecule has 8 nitrogen and oxygen atoms in total. The first-order valence-electron chi connectivity index (χ1n) is 12.2. The van der Waals surface area contributed by atoms with Gasteiger partial charge >= 0.3 is 12.0 Å². The first-order chi connectivity index (χ1) is 17.7. The Morgan fingerprint density at radius 1 is 1.14 bits per heavy atom. The maximum Gasteiger partial charge on any atom is 0.338 e. The first kappa shape index (κ1) is 26.6. The van der Waals surface area contributed by atoms with E-state index in [1.165, 1.54) is 11.0 Å². The van der Waals surface area contributed by atoms with E-state index in [2.05, 4.69) is 10.2 Å². The molecule has 2 aromatic rings. The predicted molar refractivity (Wildman–Crippen MR) is 137 cm³/mol. The standard InChI is InChI=1S/C27H30ClFN4O4/c1-4-37-26(35)23-22(31(3)27(36)30-24(23)20-7-5-6-8-21(20)29)16-32-13-14-33(17(2)15-32)25(34)18-9-11-19(28)12-10-18/h5-12,17,24H,4,13-16H2,1-3H3,(H,30,36)/t17-,24-/m0/s1. The monoisotopic (exact) mass is 528 g/mol. The molecule has 4 rings (SSSR count). The zero-order chi connectivity index (χ0) is 26.7. The van der Waals surface area contributed by atoms with E-state index in [4.69, 9.17) is 16.3 Å². The molecule has 2 heterocycles. The maximum atomic E-state index is 14.7. The van der Waals surface area contributed by atoms with E-state index >= 15 is 0 Å². The van der Waals surface area contributed by atoms with Crippen molar-refractivity contribution < 1.29 is 23.5 Å². The molecule has 3 amide bonds. The lowest BCUT2D eigenvalue weighted by atomic mass is 9.93. The van der Waals surface area contributed by atoms with Crippen molar-refractivity contribution in [3.05, 3.63) is 81.8 Å². The van der Waals surface area contributed by atoms with Gasteiger partial charge in [-0.1, -0.05) is 29.8 Å². The SMILES string of the molecule is CCOC(=O)C1=C(CN2CCN(C(=O)c3ccc(Cl)cc3)[C@@H](C)C2)N(C)C(=O)N[C@H]1c1ccccc1F. The Morgan fingerprint density at radius 3 is 2.49 bits per heavy atom. The van der Waals surface area contributed by atoms with Crippen LogP contribution in [-0.2, 0) is 9.53 Å². The molecule has 0 radical (unpaired) electrons. The van der Waals surface area contributed by atoms with E-state index in [1.54, 1.807) is 61.3 Å². The zero-order valence-electron chi connectivity index (χ0n) is 21.0. The van der Waals surface area contributed by atoms with Gasteiger partial charge in [-0.05, 0) is 44.2 Å². The minimum Gasteiger partial charge on any atom is -0.463 e. The van der Waals surface area contributed by atoms with Crippen molar-refractivity contribution >= 4 is 29.5 Å². The Balaban J connectivity index is 1.60. The minimum atomic E-state index is -0.982. The number of hydrogen-bond acceptors (Lipinski definition) is 5. The number of nitrogens with one attached hydrogen (secondary N) is 1. The van der Waals surface area contributed by atoms with Crippen LogP contribution >= 0.6 is 11.6 Å². The van der Waals surface area contributed by atoms with E-state index in [1.807, 2.05) is 6.92 Å². The minimum absolute atomic E-state index is 0.0796. The van der Waals surface area contributed by atoms with Crippen molar-refractivity contribution in [2.45, 2.75) is 25.9 Å². The lowest BCUT2D eigenvalue weighted by molar-refractivity contribution is -0.139. The van der Waals surface area contributed by atoms with Crippen LogP contribution in [0.5, 0.6) is 0 Å². The Labute approximate surface area is 220 Å². The second-order valence-electron chi connectivity index (χ2n) is 9.13. The number of likely N-dealkylation sites (N-methyl/N-ethyl adjacent to an activating group) is 1. The molecule has 37 heavy (non-hydrogen) atoms. The molecule has 0 aromatic heterocycles. The van der Waals surface area contributed by atoms with Crippen LogP contribution in [0.3, 0.4) is 0 Å². The van der Waals surface area contributed by atoms with Crippen molar-refractivity contribution in [1.29, 1.82) is 0 Å². The van der Waals surface area contributed by atoms with Gasteiger partial charge in [0.05, 0.1) is 18.2 Å². The van der Waals surface area contributed by atoms with E-state index in [-0.39, 0.29) is 36.2 Å². The Bertz CT molecular complexity index is 1220. The van der Waals surface area contributed by atoms with E-state index < -0.39 is 23.9 Å². The van der Waals surface area contributed by atoms with Crippen LogP contribution in [0.2, 0.25) is 5.02 Å². The fourth-order valence-corrected chi connectivity index (χ4v) is 4.91. The Morgan fingerprint density at radius 2 is 1.84 bits per heavy atom. The highest BCUT2D eigenvalue weighted by Crippen LogP contribution is 2.33. The number of nitrogens with zero attached hydrogens (tertiary/aromatic N) is 3. The number of esters is 1. The Hall–Kier alpha value is -3.43. The number of ether oxygens (including phenoxy) is 1. The van der Waals surface area contributed by atoms with E-state index in [0.29, 0.717) is 35.9 Å². The molecule has 0 spiro atoms. The molecule has 0 unspecified atom stereocenters. The third kappa shape index (κ3) is 5.62. The Kier molecular flexibility index (Phi) is 8.14. The van der Waals surface area contributed by atoms with Gasteiger partial charge in [0.15, 0.2) is 0 Å². The first-order valence-corrected chi connectivity index (χ1v) is 12.6. The smallest absolute Gasteiger partial charge is 0.338 e. The van der Waals surface area contributed by atoms with Crippen molar-refractivity contribution in [2.75, 3.05) is 39.8 Å². The molecule has 196 valence electrons. The van der Waals surface area contributed by atoms with Gasteiger partial charge in [-0.15, -0.1) is 0 Å². The fraction of sp³-hybridized carbons (Fsp3) is 0.370. The normalized spacial score (nSPS) is 20.6. The van der Waals surface area contributed by atoms with Crippen LogP contribution in [0.1, 0.15) is 35.8 Å². The second-order valence-corrected chi connectivity index (χ2v) is 9.57. The summed E-state index contributed by atoms with van der Waals surface area (Å²) in [5.74, 6) is -1.22. The number of urea groups is 1. The van der Waals surface area contributed by atoms with Crippen molar-refractivity contribution in [3.63, 3.8) is 0 Å². The number of carbonyl (C=O) groups excluding carboxylic acids is 3. The number of piperazine rings is 1. The topological polar surface area (TPSA) is 82.2 Å². The van der Waals surface area contributed by atoms with Gasteiger partial charge in [-0.2, -0.15) is 0 Å². The zero-order valence-corrected chi connectivity index (χ0v) is 21.8. The van der Waals surface area contributed by atoms with Crippen LogP contribution in [0.15, 0.2) is 59.8 Å². The fourth-order valence-electron chi connectivity index (χ4n) is 4.79. The average molecular weight is 529 g/mol. The predicted octanol–water partition coefficient (Wildman–Crippen LogP) is 3.84. The molecule has 1 N–H and O–H groups in total. The molecule has 0 bridgehead atoms. The molecular weight excluding hydrogens is 499 g/mol. The molecule has 2 aromatic carbocycles. The van der Waals surface area contributed by atoms with Crippen molar-refractivity contribution in [3.8, 4) is 0 Å². The highest BCUT2D eigenvalue weighted by Gasteiger charge is 2.39. The highest BCUT2D eigenvalue weighted by molar-refractivity contribution is 6.30. The lowest BCUT2D eigenvalue weighted by Crippen LogP contribution is -2.56. The largest absolute Gasteiger partial charge is 0.463 e. The number of benzene rings is 2. The molecule has 2 atom stereocenters. The molecule has 1 saturated heterocycles. The van der Waals surface area contributed by atoms with Crippen molar-refractivity contribution in [2.24, 2.45) is 0 Å². The van der Waals surface area contributed by atoms with E-state index in [0.717, 1.165) is 0 Å². The summed E-state index contributed by atoms with van der Waals surface area (Å²) >= 11 is 5.95. The summed E-state index contributed by atoms with van der Waals surface area (Å²) < 4.78 is 20.1. The second kappa shape index (κ2) is 11.3. The summed E-state index contributed by atoms with van der Waals surface area (Å²) in [4.78, 5) is 44.3. The summed E-state index contributed by atoms with van der Waals surface area (Å²) in [7, 11) is 1.57. The number of hydrogen-bond donors (Lipinski definition) is 1. The van der Waals surface area contributed by atoms with Crippen LogP contribution in [0.25, 0.3) is 0 Å². The van der Waals surface area contributed by atoms with Gasteiger partial charge in [0.1, 0.15) is 5.82 Å². The third-order valence-corrected chi connectivity index (χ3v) is 6.98. The van der Waals surface area contributed by atoms with Crippen LogP contribution in [-0.4, -0.2) is 78.5 Å². The molecule has 2 aliphatic rings. The number of rotatable bonds is 6. The number of amides is 3. The third-order valence-electron chi connectivity index (χ3n) is 6.73. The number of halogens is 2. The van der Waals surface area contributed by atoms with Crippen molar-refractivity contribution in [1.82, 2.24) is 20.0 Å². The van der Waals surface area contributed by atoms with Gasteiger partial charge in [0, 0.05) is 61.1 Å². The molecule has 0 aliphatic carbocycles.